The number of hydrogen-bond donors (Lipinski definition) is 1. The number of methoxy groups -OCH3 is 1. The second kappa shape index (κ2) is 4.31. The summed E-state index contributed by atoms with van der Waals surface area (Å²) in [4.78, 5) is 13.8. The first-order chi connectivity index (χ1) is 7.93. The Morgan fingerprint density at radius 3 is 2.71 bits per heavy atom. The van der Waals surface area contributed by atoms with Gasteiger partial charge in [0.25, 0.3) is 5.91 Å². The predicted octanol–water partition coefficient (Wildman–Crippen LogP) is 1.66. The monoisotopic (exact) mass is 299 g/mol. The third-order valence-electron chi connectivity index (χ3n) is 2.74. The Morgan fingerprint density at radius 2 is 2.18 bits per heavy atom. The number of hydrogen-bond acceptors (Lipinski definition) is 3. The molecule has 1 aliphatic heterocycles. The van der Waals surface area contributed by atoms with Crippen LogP contribution in [0.1, 0.15) is 17.3 Å². The van der Waals surface area contributed by atoms with Gasteiger partial charge in [0.05, 0.1) is 31.4 Å². The van der Waals surface area contributed by atoms with Crippen LogP contribution in [0.15, 0.2) is 22.7 Å². The number of likely N-dealkylation sites (tertiary alicyclic amines) is 1. The lowest BCUT2D eigenvalue weighted by Gasteiger charge is -2.44. The highest BCUT2D eigenvalue weighted by molar-refractivity contribution is 9.10. The third-order valence-corrected chi connectivity index (χ3v) is 3.24. The standard InChI is InChI=1S/C12H14BrNO3/c1-12(16)6-14(7-12)11(15)9-5-8(13)3-4-10(9)17-2/h3-5,16H,6-7H2,1-2H3. The number of rotatable bonds is 2. The molecule has 0 atom stereocenters. The second-order valence-corrected chi connectivity index (χ2v) is 5.42. The molecule has 0 spiro atoms. The van der Waals surface area contributed by atoms with Crippen molar-refractivity contribution in [3.05, 3.63) is 28.2 Å². The van der Waals surface area contributed by atoms with Crippen molar-refractivity contribution in [2.75, 3.05) is 20.2 Å². The Bertz CT molecular complexity index is 451. The lowest BCUT2D eigenvalue weighted by Crippen LogP contribution is -2.61. The van der Waals surface area contributed by atoms with Crippen molar-refractivity contribution in [3.63, 3.8) is 0 Å². The van der Waals surface area contributed by atoms with Crippen molar-refractivity contribution in [1.82, 2.24) is 4.90 Å². The summed E-state index contributed by atoms with van der Waals surface area (Å²) in [7, 11) is 1.53. The van der Waals surface area contributed by atoms with Crippen LogP contribution in [-0.2, 0) is 0 Å². The van der Waals surface area contributed by atoms with Gasteiger partial charge in [-0.2, -0.15) is 0 Å². The van der Waals surface area contributed by atoms with Gasteiger partial charge in [0.1, 0.15) is 5.75 Å². The van der Waals surface area contributed by atoms with Crippen LogP contribution in [0.3, 0.4) is 0 Å². The number of aliphatic hydroxyl groups is 1. The van der Waals surface area contributed by atoms with E-state index in [9.17, 15) is 9.90 Å². The summed E-state index contributed by atoms with van der Waals surface area (Å²) in [5.41, 5.74) is -0.244. The molecule has 0 radical (unpaired) electrons. The second-order valence-electron chi connectivity index (χ2n) is 4.50. The van der Waals surface area contributed by atoms with Gasteiger partial charge in [-0.1, -0.05) is 15.9 Å². The molecule has 92 valence electrons. The predicted molar refractivity (Wildman–Crippen MR) is 67.2 cm³/mol. The molecule has 2 rings (SSSR count). The first kappa shape index (κ1) is 12.4. The minimum absolute atomic E-state index is 0.116. The SMILES string of the molecule is COc1ccc(Br)cc1C(=O)N1CC(C)(O)C1. The quantitative estimate of drug-likeness (QED) is 0.904. The van der Waals surface area contributed by atoms with Crippen LogP contribution in [-0.4, -0.2) is 41.7 Å². The number of carbonyl (C=O) groups excluding carboxylic acids is 1. The van der Waals surface area contributed by atoms with Crippen LogP contribution in [0.5, 0.6) is 5.75 Å². The van der Waals surface area contributed by atoms with E-state index in [4.69, 9.17) is 4.74 Å². The number of benzene rings is 1. The first-order valence-corrected chi connectivity index (χ1v) is 6.07. The van der Waals surface area contributed by atoms with Crippen molar-refractivity contribution in [3.8, 4) is 5.75 Å². The van der Waals surface area contributed by atoms with E-state index in [2.05, 4.69) is 15.9 Å². The Labute approximate surface area is 108 Å². The molecule has 0 saturated carbocycles. The molecule has 1 saturated heterocycles. The first-order valence-electron chi connectivity index (χ1n) is 5.28. The summed E-state index contributed by atoms with van der Waals surface area (Å²) >= 11 is 3.33. The highest BCUT2D eigenvalue weighted by Gasteiger charge is 2.40. The van der Waals surface area contributed by atoms with Gasteiger partial charge in [-0.3, -0.25) is 4.79 Å². The topological polar surface area (TPSA) is 49.8 Å². The van der Waals surface area contributed by atoms with E-state index in [1.165, 1.54) is 7.11 Å². The summed E-state index contributed by atoms with van der Waals surface area (Å²) in [5, 5.41) is 9.63. The van der Waals surface area contributed by atoms with E-state index >= 15 is 0 Å². The van der Waals surface area contributed by atoms with E-state index in [0.29, 0.717) is 24.4 Å². The van der Waals surface area contributed by atoms with Gasteiger partial charge in [0.2, 0.25) is 0 Å². The van der Waals surface area contributed by atoms with E-state index in [-0.39, 0.29) is 5.91 Å². The molecule has 1 aromatic rings. The van der Waals surface area contributed by atoms with Crippen LogP contribution < -0.4 is 4.74 Å². The lowest BCUT2D eigenvalue weighted by atomic mass is 9.96. The average Bonchev–Trinajstić information content (AvgIpc) is 2.24. The summed E-state index contributed by atoms with van der Waals surface area (Å²) in [6, 6.07) is 5.30. The number of β-amino-alcohol motifs (C(OH)–C–C–N with tert-alkyl or cyclic N) is 1. The molecule has 1 fully saturated rings. The summed E-state index contributed by atoms with van der Waals surface area (Å²) in [5.74, 6) is 0.430. The molecule has 1 N–H and O–H groups in total. The maximum absolute atomic E-state index is 12.2. The highest BCUT2D eigenvalue weighted by Crippen LogP contribution is 2.28. The van der Waals surface area contributed by atoms with Crippen LogP contribution in [0.4, 0.5) is 0 Å². The number of ether oxygens (including phenoxy) is 1. The molecular weight excluding hydrogens is 286 g/mol. The summed E-state index contributed by atoms with van der Waals surface area (Å²) < 4.78 is 5.99. The number of carbonyl (C=O) groups is 1. The zero-order valence-corrected chi connectivity index (χ0v) is 11.3. The fourth-order valence-corrected chi connectivity index (χ4v) is 2.30. The summed E-state index contributed by atoms with van der Waals surface area (Å²) in [6.07, 6.45) is 0. The molecule has 5 heteroatoms. The molecule has 0 unspecified atom stereocenters. The van der Waals surface area contributed by atoms with Gasteiger partial charge in [-0.25, -0.2) is 0 Å². The van der Waals surface area contributed by atoms with Crippen LogP contribution >= 0.6 is 15.9 Å². The fraction of sp³-hybridized carbons (Fsp3) is 0.417. The smallest absolute Gasteiger partial charge is 0.257 e. The van der Waals surface area contributed by atoms with Gasteiger partial charge in [0, 0.05) is 4.47 Å². The molecule has 0 aliphatic carbocycles. The molecule has 1 aromatic carbocycles. The molecule has 1 aliphatic rings. The van der Waals surface area contributed by atoms with Gasteiger partial charge in [-0.15, -0.1) is 0 Å². The van der Waals surface area contributed by atoms with Crippen LogP contribution in [0.25, 0.3) is 0 Å². The molecule has 4 nitrogen and oxygen atoms in total. The van der Waals surface area contributed by atoms with Crippen molar-refractivity contribution >= 4 is 21.8 Å². The minimum atomic E-state index is -0.755. The molecule has 1 heterocycles. The molecule has 0 bridgehead atoms. The maximum atomic E-state index is 12.2. The molecule has 0 aromatic heterocycles. The lowest BCUT2D eigenvalue weighted by molar-refractivity contribution is -0.0669. The van der Waals surface area contributed by atoms with E-state index in [0.717, 1.165) is 4.47 Å². The van der Waals surface area contributed by atoms with Gasteiger partial charge in [-0.05, 0) is 25.1 Å². The number of amides is 1. The zero-order chi connectivity index (χ0) is 12.6. The normalized spacial score (nSPS) is 17.5. The Morgan fingerprint density at radius 1 is 1.53 bits per heavy atom. The van der Waals surface area contributed by atoms with Crippen LogP contribution in [0.2, 0.25) is 0 Å². The molecule has 17 heavy (non-hydrogen) atoms. The largest absolute Gasteiger partial charge is 0.496 e. The van der Waals surface area contributed by atoms with E-state index in [1.807, 2.05) is 6.07 Å². The van der Waals surface area contributed by atoms with E-state index in [1.54, 1.807) is 24.0 Å². The fourth-order valence-electron chi connectivity index (χ4n) is 1.94. The van der Waals surface area contributed by atoms with E-state index < -0.39 is 5.60 Å². The summed E-state index contributed by atoms with van der Waals surface area (Å²) in [6.45, 7) is 2.44. The Hall–Kier alpha value is -1.07. The Balaban J connectivity index is 2.22. The third kappa shape index (κ3) is 2.45. The van der Waals surface area contributed by atoms with Gasteiger partial charge < -0.3 is 14.7 Å². The van der Waals surface area contributed by atoms with Crippen molar-refractivity contribution < 1.29 is 14.6 Å². The van der Waals surface area contributed by atoms with Crippen molar-refractivity contribution in [1.29, 1.82) is 0 Å². The molecular formula is C12H14BrNO3. The number of halogens is 1. The van der Waals surface area contributed by atoms with Gasteiger partial charge in [0.15, 0.2) is 0 Å². The minimum Gasteiger partial charge on any atom is -0.496 e. The Kier molecular flexibility index (Phi) is 3.14. The zero-order valence-electron chi connectivity index (χ0n) is 9.74. The van der Waals surface area contributed by atoms with Crippen molar-refractivity contribution in [2.24, 2.45) is 0 Å². The van der Waals surface area contributed by atoms with Crippen LogP contribution in [0, 0.1) is 0 Å². The molecule has 1 amide bonds. The maximum Gasteiger partial charge on any atom is 0.257 e. The highest BCUT2D eigenvalue weighted by atomic mass is 79.9. The average molecular weight is 300 g/mol. The number of nitrogens with zero attached hydrogens (tertiary/aromatic N) is 1. The van der Waals surface area contributed by atoms with Crippen molar-refractivity contribution in [2.45, 2.75) is 12.5 Å². The van der Waals surface area contributed by atoms with Gasteiger partial charge >= 0.3 is 0 Å².